The van der Waals surface area contributed by atoms with Crippen LogP contribution in [0.3, 0.4) is 0 Å². The van der Waals surface area contributed by atoms with E-state index in [0.29, 0.717) is 39.6 Å². The van der Waals surface area contributed by atoms with Gasteiger partial charge in [-0.3, -0.25) is 0 Å². The summed E-state index contributed by atoms with van der Waals surface area (Å²) in [5.74, 6) is 0. The lowest BCUT2D eigenvalue weighted by molar-refractivity contribution is -0.319. The van der Waals surface area contributed by atoms with Gasteiger partial charge in [0.05, 0.1) is 13.2 Å². The highest BCUT2D eigenvalue weighted by atomic mass is 16.7. The van der Waals surface area contributed by atoms with Crippen LogP contribution >= 0.6 is 0 Å². The summed E-state index contributed by atoms with van der Waals surface area (Å²) in [5.41, 5.74) is 0. The first-order chi connectivity index (χ1) is 11.2. The van der Waals surface area contributed by atoms with Gasteiger partial charge in [-0.1, -0.05) is 6.08 Å². The number of hydrogen-bond donors (Lipinski definition) is 0. The summed E-state index contributed by atoms with van der Waals surface area (Å²) in [7, 11) is 0. The van der Waals surface area contributed by atoms with E-state index in [9.17, 15) is 0 Å². The lowest BCUT2D eigenvalue weighted by Gasteiger charge is -2.45. The molecule has 0 aromatic rings. The third-order valence-corrected chi connectivity index (χ3v) is 3.53. The van der Waals surface area contributed by atoms with Crippen molar-refractivity contribution in [2.24, 2.45) is 0 Å². The van der Waals surface area contributed by atoms with Crippen molar-refractivity contribution < 1.29 is 28.4 Å². The van der Waals surface area contributed by atoms with E-state index < -0.39 is 6.29 Å². The molecule has 0 aliphatic carbocycles. The Balaban J connectivity index is 2.96. The monoisotopic (exact) mass is 332 g/mol. The van der Waals surface area contributed by atoms with Gasteiger partial charge in [-0.25, -0.2) is 0 Å². The molecule has 0 bridgehead atoms. The van der Waals surface area contributed by atoms with E-state index in [1.165, 1.54) is 0 Å². The minimum absolute atomic E-state index is 0.258. The third-order valence-electron chi connectivity index (χ3n) is 3.53. The van der Waals surface area contributed by atoms with Crippen LogP contribution in [0.25, 0.3) is 0 Å². The van der Waals surface area contributed by atoms with Crippen LogP contribution in [0.2, 0.25) is 0 Å². The van der Waals surface area contributed by atoms with Crippen LogP contribution in [0.5, 0.6) is 0 Å². The molecule has 0 saturated carbocycles. The maximum absolute atomic E-state index is 6.07. The second kappa shape index (κ2) is 11.9. The molecule has 5 unspecified atom stereocenters. The van der Waals surface area contributed by atoms with E-state index in [2.05, 4.69) is 6.58 Å². The van der Waals surface area contributed by atoms with Gasteiger partial charge in [-0.05, 0) is 27.7 Å². The van der Waals surface area contributed by atoms with Crippen LogP contribution in [-0.2, 0) is 28.4 Å². The molecule has 0 radical (unpaired) electrons. The van der Waals surface area contributed by atoms with Crippen LogP contribution in [-0.4, -0.2) is 70.3 Å². The minimum atomic E-state index is -0.535. The van der Waals surface area contributed by atoms with Crippen LogP contribution in [0.1, 0.15) is 27.7 Å². The van der Waals surface area contributed by atoms with Crippen molar-refractivity contribution in [2.75, 3.05) is 39.6 Å². The van der Waals surface area contributed by atoms with Gasteiger partial charge in [0.2, 0.25) is 0 Å². The van der Waals surface area contributed by atoms with Gasteiger partial charge < -0.3 is 28.4 Å². The predicted octanol–water partition coefficient (Wildman–Crippen LogP) is 2.17. The van der Waals surface area contributed by atoms with Crippen molar-refractivity contribution in [3.63, 3.8) is 0 Å². The molecule has 6 heteroatoms. The zero-order valence-corrected chi connectivity index (χ0v) is 14.9. The summed E-state index contributed by atoms with van der Waals surface area (Å²) in [5, 5.41) is 0. The topological polar surface area (TPSA) is 55.4 Å². The fraction of sp³-hybridized carbons (Fsp3) is 0.882. The molecule has 1 heterocycles. The zero-order valence-electron chi connectivity index (χ0n) is 14.9. The molecular weight excluding hydrogens is 300 g/mol. The van der Waals surface area contributed by atoms with Crippen molar-refractivity contribution >= 4 is 0 Å². The molecule has 6 nitrogen and oxygen atoms in total. The van der Waals surface area contributed by atoms with Crippen molar-refractivity contribution in [3.8, 4) is 0 Å². The summed E-state index contributed by atoms with van der Waals surface area (Å²) >= 11 is 0. The summed E-state index contributed by atoms with van der Waals surface area (Å²) in [4.78, 5) is 0. The van der Waals surface area contributed by atoms with E-state index in [1.807, 2.05) is 27.7 Å². The lowest BCUT2D eigenvalue weighted by atomic mass is 9.98. The molecule has 1 fully saturated rings. The molecule has 0 aromatic heterocycles. The molecule has 136 valence electrons. The van der Waals surface area contributed by atoms with Crippen LogP contribution in [0, 0.1) is 0 Å². The molecule has 1 saturated heterocycles. The number of rotatable bonds is 12. The quantitative estimate of drug-likeness (QED) is 0.511. The number of hydrogen-bond acceptors (Lipinski definition) is 6. The highest BCUT2D eigenvalue weighted by Gasteiger charge is 2.48. The maximum Gasteiger partial charge on any atom is 0.187 e. The molecule has 0 N–H and O–H groups in total. The molecule has 23 heavy (non-hydrogen) atoms. The standard InChI is InChI=1S/C17H32O6/c1-6-11-22-17-16(21-10-5)15(20-9-4)14(19-8-3)13(23-17)12-18-7-2/h6,13-17H,1,7-12H2,2-5H3. The van der Waals surface area contributed by atoms with E-state index in [0.717, 1.165) is 0 Å². The van der Waals surface area contributed by atoms with E-state index >= 15 is 0 Å². The van der Waals surface area contributed by atoms with Crippen molar-refractivity contribution in [1.29, 1.82) is 0 Å². The normalized spacial score (nSPS) is 31.2. The summed E-state index contributed by atoms with van der Waals surface area (Å²) < 4.78 is 35.1. The fourth-order valence-corrected chi connectivity index (χ4v) is 2.69. The van der Waals surface area contributed by atoms with Gasteiger partial charge in [0.15, 0.2) is 6.29 Å². The predicted molar refractivity (Wildman–Crippen MR) is 87.5 cm³/mol. The van der Waals surface area contributed by atoms with E-state index in [-0.39, 0.29) is 24.4 Å². The van der Waals surface area contributed by atoms with Gasteiger partial charge in [-0.15, -0.1) is 6.58 Å². The number of ether oxygens (including phenoxy) is 6. The van der Waals surface area contributed by atoms with Crippen LogP contribution in [0.15, 0.2) is 12.7 Å². The van der Waals surface area contributed by atoms with Crippen LogP contribution in [0.4, 0.5) is 0 Å². The van der Waals surface area contributed by atoms with Gasteiger partial charge in [0, 0.05) is 26.4 Å². The fourth-order valence-electron chi connectivity index (χ4n) is 2.69. The molecule has 5 atom stereocenters. The Bertz CT molecular complexity index is 311. The molecule has 1 rings (SSSR count). The summed E-state index contributed by atoms with van der Waals surface area (Å²) in [6.07, 6.45) is 0.00771. The van der Waals surface area contributed by atoms with E-state index in [1.54, 1.807) is 6.08 Å². The average Bonchev–Trinajstić information content (AvgIpc) is 2.56. The molecule has 0 spiro atoms. The lowest BCUT2D eigenvalue weighted by Crippen LogP contribution is -2.62. The van der Waals surface area contributed by atoms with E-state index in [4.69, 9.17) is 28.4 Å². The second-order valence-corrected chi connectivity index (χ2v) is 5.08. The Morgan fingerprint density at radius 2 is 1.43 bits per heavy atom. The second-order valence-electron chi connectivity index (χ2n) is 5.08. The highest BCUT2D eigenvalue weighted by Crippen LogP contribution is 2.29. The first-order valence-electron chi connectivity index (χ1n) is 8.53. The minimum Gasteiger partial charge on any atom is -0.379 e. The Morgan fingerprint density at radius 1 is 0.826 bits per heavy atom. The molecular formula is C17H32O6. The third kappa shape index (κ3) is 6.14. The van der Waals surface area contributed by atoms with Crippen LogP contribution < -0.4 is 0 Å². The van der Waals surface area contributed by atoms with Crippen molar-refractivity contribution in [2.45, 2.75) is 58.4 Å². The SMILES string of the molecule is C=CCOC1OC(COCC)C(OCC)C(OCC)C1OCC. The first-order valence-corrected chi connectivity index (χ1v) is 8.53. The summed E-state index contributed by atoms with van der Waals surface area (Å²) in [6, 6.07) is 0. The molecule has 0 aromatic carbocycles. The van der Waals surface area contributed by atoms with Gasteiger partial charge >= 0.3 is 0 Å². The largest absolute Gasteiger partial charge is 0.379 e. The molecule has 1 aliphatic rings. The Morgan fingerprint density at radius 3 is 2.00 bits per heavy atom. The molecule has 0 amide bonds. The smallest absolute Gasteiger partial charge is 0.187 e. The zero-order chi connectivity index (χ0) is 17.1. The first kappa shape index (κ1) is 20.5. The van der Waals surface area contributed by atoms with Crippen molar-refractivity contribution in [3.05, 3.63) is 12.7 Å². The Kier molecular flexibility index (Phi) is 10.7. The maximum atomic E-state index is 6.07. The Labute approximate surface area is 140 Å². The van der Waals surface area contributed by atoms with Crippen molar-refractivity contribution in [1.82, 2.24) is 0 Å². The average molecular weight is 332 g/mol. The Hall–Kier alpha value is -0.500. The highest BCUT2D eigenvalue weighted by molar-refractivity contribution is 4.93. The van der Waals surface area contributed by atoms with Gasteiger partial charge in [0.25, 0.3) is 0 Å². The molecule has 1 aliphatic heterocycles. The van der Waals surface area contributed by atoms with Gasteiger partial charge in [-0.2, -0.15) is 0 Å². The summed E-state index contributed by atoms with van der Waals surface area (Å²) in [6.45, 7) is 14.6. The van der Waals surface area contributed by atoms with Gasteiger partial charge in [0.1, 0.15) is 24.4 Å².